The van der Waals surface area contributed by atoms with Crippen molar-refractivity contribution in [2.75, 3.05) is 0 Å². The van der Waals surface area contributed by atoms with Crippen LogP contribution in [-0.4, -0.2) is 11.8 Å². The van der Waals surface area contributed by atoms with Gasteiger partial charge in [0.15, 0.2) is 0 Å². The Hall–Kier alpha value is -2.75. The van der Waals surface area contributed by atoms with E-state index >= 15 is 0 Å². The third kappa shape index (κ3) is 5.10. The van der Waals surface area contributed by atoms with Crippen molar-refractivity contribution in [2.45, 2.75) is 70.8 Å². The predicted molar refractivity (Wildman–Crippen MR) is 132 cm³/mol. The number of hydrogen-bond donors (Lipinski definition) is 1. The lowest BCUT2D eigenvalue weighted by atomic mass is 9.82. The zero-order chi connectivity index (χ0) is 22.8. The summed E-state index contributed by atoms with van der Waals surface area (Å²) in [4.78, 5) is 5.12. The molecule has 2 atom stereocenters. The Balaban J connectivity index is 1.38. The van der Waals surface area contributed by atoms with Crippen molar-refractivity contribution in [1.29, 1.82) is 0 Å². The third-order valence-corrected chi connectivity index (χ3v) is 7.36. The molecule has 0 saturated heterocycles. The fourth-order valence-corrected chi connectivity index (χ4v) is 5.24. The molecule has 4 aliphatic carbocycles. The Morgan fingerprint density at radius 3 is 2.52 bits per heavy atom. The average Bonchev–Trinajstić information content (AvgIpc) is 2.84. The fraction of sp³-hybridized carbons (Fsp3) is 0.414. The van der Waals surface area contributed by atoms with Gasteiger partial charge >= 0.3 is 0 Å². The van der Waals surface area contributed by atoms with Crippen molar-refractivity contribution in [3.8, 4) is 0 Å². The number of rotatable bonds is 5. The van der Waals surface area contributed by atoms with E-state index in [1.165, 1.54) is 24.0 Å². The Bertz CT molecular complexity index is 1100. The van der Waals surface area contributed by atoms with Gasteiger partial charge in [0.2, 0.25) is 0 Å². The number of halogens is 2. The van der Waals surface area contributed by atoms with Crippen molar-refractivity contribution in [1.82, 2.24) is 5.32 Å². The predicted octanol–water partition coefficient (Wildman–Crippen LogP) is 7.78. The first-order valence-corrected chi connectivity index (χ1v) is 12.3. The molecule has 0 bridgehead atoms. The molecule has 33 heavy (non-hydrogen) atoms. The molecule has 0 radical (unpaired) electrons. The van der Waals surface area contributed by atoms with Crippen molar-refractivity contribution < 1.29 is 8.78 Å². The molecule has 1 N–H and O–H groups in total. The number of aliphatic imine (C=N–C) groups is 1. The van der Waals surface area contributed by atoms with Gasteiger partial charge in [-0.25, -0.2) is 8.78 Å². The van der Waals surface area contributed by atoms with E-state index in [9.17, 15) is 8.78 Å². The molecule has 172 valence electrons. The Labute approximate surface area is 195 Å². The van der Waals surface area contributed by atoms with Crippen LogP contribution in [0.3, 0.4) is 0 Å². The van der Waals surface area contributed by atoms with Crippen LogP contribution >= 0.6 is 0 Å². The van der Waals surface area contributed by atoms with Gasteiger partial charge in [-0.2, -0.15) is 0 Å². The molecule has 2 unspecified atom stereocenters. The summed E-state index contributed by atoms with van der Waals surface area (Å²) in [6.45, 7) is 2.20. The smallest absolute Gasteiger partial charge is 0.118 e. The van der Waals surface area contributed by atoms with E-state index < -0.39 is 0 Å². The van der Waals surface area contributed by atoms with Crippen LogP contribution < -0.4 is 5.32 Å². The molecule has 0 fully saturated rings. The summed E-state index contributed by atoms with van der Waals surface area (Å²) >= 11 is 0. The van der Waals surface area contributed by atoms with Gasteiger partial charge in [0.05, 0.1) is 23.1 Å². The molecule has 1 aliphatic heterocycles. The van der Waals surface area contributed by atoms with Crippen LogP contribution in [0.15, 0.2) is 98.9 Å². The SMILES string of the molecule is CC1=CC=C(CCC2=CC3=C(CC2)N=C(C2=CC=C(F)CC2)C(C2C=CC(F)=CC2)N3)CC1. The van der Waals surface area contributed by atoms with Crippen LogP contribution in [0.1, 0.15) is 64.7 Å². The monoisotopic (exact) mass is 446 g/mol. The van der Waals surface area contributed by atoms with E-state index in [0.29, 0.717) is 19.3 Å². The van der Waals surface area contributed by atoms with Crippen LogP contribution in [0.4, 0.5) is 8.78 Å². The molecule has 1 heterocycles. The van der Waals surface area contributed by atoms with E-state index in [1.807, 2.05) is 12.2 Å². The Kier molecular flexibility index (Phi) is 6.43. The maximum Gasteiger partial charge on any atom is 0.118 e. The molecule has 0 aromatic carbocycles. The van der Waals surface area contributed by atoms with Gasteiger partial charge < -0.3 is 5.32 Å². The minimum Gasteiger partial charge on any atom is -0.375 e. The second-order valence-corrected chi connectivity index (χ2v) is 9.77. The molecule has 0 spiro atoms. The van der Waals surface area contributed by atoms with E-state index in [4.69, 9.17) is 4.99 Å². The minimum atomic E-state index is -0.177. The van der Waals surface area contributed by atoms with Gasteiger partial charge in [-0.05, 0) is 88.2 Å². The van der Waals surface area contributed by atoms with E-state index in [1.54, 1.807) is 23.8 Å². The molecular weight excluding hydrogens is 414 g/mol. The molecule has 2 nitrogen and oxygen atoms in total. The number of nitrogens with zero attached hydrogens (tertiary/aromatic N) is 1. The first kappa shape index (κ1) is 22.1. The van der Waals surface area contributed by atoms with Gasteiger partial charge in [0.25, 0.3) is 0 Å². The van der Waals surface area contributed by atoms with Crippen LogP contribution in [0.2, 0.25) is 0 Å². The average molecular weight is 447 g/mol. The molecule has 5 rings (SSSR count). The lowest BCUT2D eigenvalue weighted by molar-refractivity contribution is 0.508. The second kappa shape index (κ2) is 9.62. The maximum absolute atomic E-state index is 13.6. The lowest BCUT2D eigenvalue weighted by Gasteiger charge is -2.36. The fourth-order valence-electron chi connectivity index (χ4n) is 5.24. The summed E-state index contributed by atoms with van der Waals surface area (Å²) in [7, 11) is 0. The molecule has 5 aliphatic rings. The normalized spacial score (nSPS) is 27.3. The highest BCUT2D eigenvalue weighted by Gasteiger charge is 2.33. The summed E-state index contributed by atoms with van der Waals surface area (Å²) in [5, 5.41) is 3.76. The standard InChI is InChI=1S/C29H32F2N2/c1-19-2-4-20(5-3-19)6-7-21-8-17-26-27(18-21)33-29(23-11-15-25(31)16-12-23)28(32-26)22-9-13-24(30)14-10-22/h2,4,9,11,13,15-16,18,23,29,33H,3,5-8,10,12,14,17H2,1H3. The third-order valence-electron chi connectivity index (χ3n) is 7.36. The van der Waals surface area contributed by atoms with Gasteiger partial charge in [-0.1, -0.05) is 41.0 Å². The van der Waals surface area contributed by atoms with Crippen LogP contribution in [0.25, 0.3) is 0 Å². The molecule has 0 aromatic rings. The summed E-state index contributed by atoms with van der Waals surface area (Å²) in [6.07, 6.45) is 23.7. The van der Waals surface area contributed by atoms with Crippen LogP contribution in [-0.2, 0) is 0 Å². The summed E-state index contributed by atoms with van der Waals surface area (Å²) in [5.74, 6) is -0.134. The summed E-state index contributed by atoms with van der Waals surface area (Å²) < 4.78 is 27.3. The number of nitrogens with one attached hydrogen (secondary N) is 1. The molecule has 4 heteroatoms. The van der Waals surface area contributed by atoms with Crippen molar-refractivity contribution in [3.05, 3.63) is 93.9 Å². The second-order valence-electron chi connectivity index (χ2n) is 9.77. The van der Waals surface area contributed by atoms with Crippen LogP contribution in [0.5, 0.6) is 0 Å². The number of hydrogen-bond acceptors (Lipinski definition) is 2. The number of allylic oxidation sites excluding steroid dienone is 13. The Morgan fingerprint density at radius 1 is 0.939 bits per heavy atom. The first-order valence-electron chi connectivity index (χ1n) is 12.3. The topological polar surface area (TPSA) is 24.4 Å². The quantitative estimate of drug-likeness (QED) is 0.458. The zero-order valence-corrected chi connectivity index (χ0v) is 19.3. The van der Waals surface area contributed by atoms with Gasteiger partial charge in [0.1, 0.15) is 11.7 Å². The zero-order valence-electron chi connectivity index (χ0n) is 19.3. The van der Waals surface area contributed by atoms with Gasteiger partial charge in [-0.3, -0.25) is 4.99 Å². The first-order chi connectivity index (χ1) is 16.0. The van der Waals surface area contributed by atoms with Gasteiger partial charge in [0, 0.05) is 12.3 Å². The van der Waals surface area contributed by atoms with E-state index in [-0.39, 0.29) is 23.6 Å². The molecule has 0 aromatic heterocycles. The highest BCUT2D eigenvalue weighted by Crippen LogP contribution is 2.35. The van der Waals surface area contributed by atoms with Gasteiger partial charge in [-0.15, -0.1) is 0 Å². The van der Waals surface area contributed by atoms with E-state index in [0.717, 1.165) is 48.4 Å². The molecule has 0 amide bonds. The molecule has 0 saturated carbocycles. The van der Waals surface area contributed by atoms with Crippen LogP contribution in [0, 0.1) is 5.92 Å². The summed E-state index contributed by atoms with van der Waals surface area (Å²) in [5.41, 5.74) is 8.77. The largest absolute Gasteiger partial charge is 0.375 e. The van der Waals surface area contributed by atoms with Crippen molar-refractivity contribution >= 4 is 5.71 Å². The highest BCUT2D eigenvalue weighted by atomic mass is 19.1. The minimum absolute atomic E-state index is 0.0325. The van der Waals surface area contributed by atoms with E-state index in [2.05, 4.69) is 30.5 Å². The summed E-state index contributed by atoms with van der Waals surface area (Å²) in [6, 6.07) is -0.0325. The lowest BCUT2D eigenvalue weighted by Crippen LogP contribution is -2.45. The van der Waals surface area contributed by atoms with Crippen molar-refractivity contribution in [3.63, 3.8) is 0 Å². The highest BCUT2D eigenvalue weighted by molar-refractivity contribution is 6.06. The maximum atomic E-state index is 13.6. The van der Waals surface area contributed by atoms with Crippen molar-refractivity contribution in [2.24, 2.45) is 10.9 Å². The molecular formula is C29H32F2N2. The Morgan fingerprint density at radius 2 is 1.79 bits per heavy atom.